The van der Waals surface area contributed by atoms with E-state index in [-0.39, 0.29) is 12.1 Å². The number of hydrogen-bond acceptors (Lipinski definition) is 3. The fourth-order valence-corrected chi connectivity index (χ4v) is 2.50. The zero-order valence-electron chi connectivity index (χ0n) is 12.0. The topological polar surface area (TPSA) is 81.7 Å². The normalized spacial score (nSPS) is 25.6. The first-order valence-corrected chi connectivity index (χ1v) is 7.04. The Morgan fingerprint density at radius 1 is 1.32 bits per heavy atom. The smallest absolute Gasteiger partial charge is 0.330 e. The van der Waals surface area contributed by atoms with Crippen molar-refractivity contribution in [3.8, 4) is 0 Å². The van der Waals surface area contributed by atoms with E-state index in [1.807, 2.05) is 11.9 Å². The number of carboxylic acids is 1. The van der Waals surface area contributed by atoms with E-state index < -0.39 is 18.0 Å². The summed E-state index contributed by atoms with van der Waals surface area (Å²) in [6, 6.07) is -0.685. The third kappa shape index (κ3) is 4.70. The molecular formula is C13H25N3O3. The average Bonchev–Trinajstić information content (AvgIpc) is 2.33. The van der Waals surface area contributed by atoms with Crippen LogP contribution in [-0.4, -0.2) is 40.2 Å². The number of carboxylic acid groups (broad SMARTS) is 1. The number of aliphatic carboxylic acids is 1. The molecule has 2 amide bonds. The highest BCUT2D eigenvalue weighted by atomic mass is 16.4. The minimum atomic E-state index is -0.989. The fraction of sp³-hybridized carbons (Fsp3) is 0.846. The Balaban J connectivity index is 2.51. The highest BCUT2D eigenvalue weighted by molar-refractivity contribution is 5.82. The van der Waals surface area contributed by atoms with Crippen LogP contribution in [0, 0.1) is 0 Å². The van der Waals surface area contributed by atoms with Gasteiger partial charge >= 0.3 is 12.0 Å². The van der Waals surface area contributed by atoms with Gasteiger partial charge in [-0.1, -0.05) is 19.8 Å². The molecule has 0 aromatic carbocycles. The largest absolute Gasteiger partial charge is 0.480 e. The van der Waals surface area contributed by atoms with Crippen molar-refractivity contribution in [3.63, 3.8) is 0 Å². The number of hydrogen-bond donors (Lipinski definition) is 3. The summed E-state index contributed by atoms with van der Waals surface area (Å²) in [6.45, 7) is 6.03. The maximum Gasteiger partial charge on any atom is 0.330 e. The van der Waals surface area contributed by atoms with Gasteiger partial charge in [0.15, 0.2) is 0 Å². The first-order valence-electron chi connectivity index (χ1n) is 7.04. The lowest BCUT2D eigenvalue weighted by molar-refractivity contribution is -0.139. The summed E-state index contributed by atoms with van der Waals surface area (Å²) < 4.78 is 0. The quantitative estimate of drug-likeness (QED) is 0.711. The molecular weight excluding hydrogens is 246 g/mol. The molecule has 1 aliphatic rings. The second-order valence-corrected chi connectivity index (χ2v) is 5.30. The van der Waals surface area contributed by atoms with E-state index in [9.17, 15) is 9.59 Å². The minimum Gasteiger partial charge on any atom is -0.480 e. The zero-order chi connectivity index (χ0) is 14.4. The Morgan fingerprint density at radius 2 is 1.89 bits per heavy atom. The third-order valence-electron chi connectivity index (χ3n) is 3.60. The van der Waals surface area contributed by atoms with E-state index in [2.05, 4.69) is 24.6 Å². The molecule has 6 heteroatoms. The Morgan fingerprint density at radius 3 is 2.37 bits per heavy atom. The van der Waals surface area contributed by atoms with Crippen LogP contribution in [-0.2, 0) is 4.79 Å². The molecule has 0 spiro atoms. The fourth-order valence-electron chi connectivity index (χ4n) is 2.50. The van der Waals surface area contributed by atoms with Crippen molar-refractivity contribution in [3.05, 3.63) is 0 Å². The number of rotatable bonds is 5. The molecule has 3 unspecified atom stereocenters. The lowest BCUT2D eigenvalue weighted by Crippen LogP contribution is -2.58. The third-order valence-corrected chi connectivity index (χ3v) is 3.60. The van der Waals surface area contributed by atoms with Crippen molar-refractivity contribution in [2.45, 2.75) is 71.0 Å². The highest BCUT2D eigenvalue weighted by Crippen LogP contribution is 2.20. The standard InChI is InChI=1S/C13H25N3O3/c1-4-6-11(12(17)18)14-13(19)15-16-9(2)7-5-8-10(16)3/h9-11H,4-8H2,1-3H3,(H,17,18)(H2,14,15,19). The van der Waals surface area contributed by atoms with Crippen molar-refractivity contribution in [1.29, 1.82) is 0 Å². The highest BCUT2D eigenvalue weighted by Gasteiger charge is 2.27. The maximum atomic E-state index is 11.9. The number of hydrazine groups is 1. The molecule has 19 heavy (non-hydrogen) atoms. The van der Waals surface area contributed by atoms with Crippen molar-refractivity contribution in [2.75, 3.05) is 0 Å². The SMILES string of the molecule is CCCC(NC(=O)NN1C(C)CCCC1C)C(=O)O. The number of carbonyl (C=O) groups is 2. The van der Waals surface area contributed by atoms with Gasteiger partial charge in [-0.15, -0.1) is 0 Å². The molecule has 0 bridgehead atoms. The number of piperidine rings is 1. The molecule has 1 rings (SSSR count). The van der Waals surface area contributed by atoms with Gasteiger partial charge in [0.2, 0.25) is 0 Å². The van der Waals surface area contributed by atoms with Gasteiger partial charge in [-0.25, -0.2) is 14.6 Å². The van der Waals surface area contributed by atoms with Gasteiger partial charge in [0.05, 0.1) is 0 Å². The van der Waals surface area contributed by atoms with Crippen LogP contribution < -0.4 is 10.7 Å². The van der Waals surface area contributed by atoms with E-state index >= 15 is 0 Å². The molecule has 0 aromatic rings. The van der Waals surface area contributed by atoms with Crippen LogP contribution in [0.3, 0.4) is 0 Å². The van der Waals surface area contributed by atoms with E-state index in [0.717, 1.165) is 19.3 Å². The Labute approximate surface area is 114 Å². The summed E-state index contributed by atoms with van der Waals surface area (Å²) in [5, 5.41) is 13.4. The van der Waals surface area contributed by atoms with E-state index in [4.69, 9.17) is 5.11 Å². The van der Waals surface area contributed by atoms with Gasteiger partial charge in [0.1, 0.15) is 6.04 Å². The lowest BCUT2D eigenvalue weighted by Gasteiger charge is -2.38. The number of carbonyl (C=O) groups excluding carboxylic acids is 1. The molecule has 1 saturated heterocycles. The van der Waals surface area contributed by atoms with Crippen LogP contribution in [0.25, 0.3) is 0 Å². The van der Waals surface area contributed by atoms with Crippen molar-refractivity contribution < 1.29 is 14.7 Å². The van der Waals surface area contributed by atoms with E-state index in [1.54, 1.807) is 0 Å². The summed E-state index contributed by atoms with van der Waals surface area (Å²) in [6.07, 6.45) is 4.40. The molecule has 1 fully saturated rings. The molecule has 6 nitrogen and oxygen atoms in total. The molecule has 0 aliphatic carbocycles. The summed E-state index contributed by atoms with van der Waals surface area (Å²) in [5.41, 5.74) is 2.78. The Kier molecular flexibility index (Phi) is 6.08. The van der Waals surface area contributed by atoms with E-state index in [0.29, 0.717) is 12.8 Å². The predicted molar refractivity (Wildman–Crippen MR) is 72.6 cm³/mol. The predicted octanol–water partition coefficient (Wildman–Crippen LogP) is 1.72. The number of amides is 2. The van der Waals surface area contributed by atoms with Gasteiger partial charge in [-0.2, -0.15) is 0 Å². The molecule has 0 radical (unpaired) electrons. The van der Waals surface area contributed by atoms with E-state index in [1.165, 1.54) is 0 Å². The monoisotopic (exact) mass is 271 g/mol. The molecule has 1 aliphatic heterocycles. The number of nitrogens with one attached hydrogen (secondary N) is 2. The van der Waals surface area contributed by atoms with Crippen LogP contribution >= 0.6 is 0 Å². The Bertz CT molecular complexity index is 312. The summed E-state index contributed by atoms with van der Waals surface area (Å²) >= 11 is 0. The van der Waals surface area contributed by atoms with Crippen LogP contribution in [0.5, 0.6) is 0 Å². The van der Waals surface area contributed by atoms with Crippen LogP contribution in [0.1, 0.15) is 52.9 Å². The van der Waals surface area contributed by atoms with Gasteiger partial charge in [-0.05, 0) is 33.1 Å². The average molecular weight is 271 g/mol. The maximum absolute atomic E-state index is 11.9. The molecule has 3 atom stereocenters. The summed E-state index contributed by atoms with van der Waals surface area (Å²) in [7, 11) is 0. The first kappa shape index (κ1) is 15.8. The summed E-state index contributed by atoms with van der Waals surface area (Å²) in [5.74, 6) is -0.989. The zero-order valence-corrected chi connectivity index (χ0v) is 12.0. The number of urea groups is 1. The molecule has 1 heterocycles. The number of nitrogens with zero attached hydrogens (tertiary/aromatic N) is 1. The minimum absolute atomic E-state index is 0.281. The molecule has 0 aromatic heterocycles. The van der Waals surface area contributed by atoms with Crippen LogP contribution in [0.2, 0.25) is 0 Å². The first-order chi connectivity index (χ1) is 8.95. The van der Waals surface area contributed by atoms with Gasteiger partial charge in [-0.3, -0.25) is 5.43 Å². The van der Waals surface area contributed by atoms with Crippen molar-refractivity contribution >= 4 is 12.0 Å². The van der Waals surface area contributed by atoms with Gasteiger partial charge in [0, 0.05) is 12.1 Å². The van der Waals surface area contributed by atoms with Gasteiger partial charge < -0.3 is 10.4 Å². The van der Waals surface area contributed by atoms with Crippen molar-refractivity contribution in [2.24, 2.45) is 0 Å². The van der Waals surface area contributed by atoms with Crippen molar-refractivity contribution in [1.82, 2.24) is 15.8 Å². The van der Waals surface area contributed by atoms with Crippen LogP contribution in [0.15, 0.2) is 0 Å². The molecule has 0 saturated carbocycles. The second kappa shape index (κ2) is 7.33. The Hall–Kier alpha value is -1.30. The van der Waals surface area contributed by atoms with Crippen LogP contribution in [0.4, 0.5) is 4.79 Å². The molecule has 110 valence electrons. The lowest BCUT2D eigenvalue weighted by atomic mass is 10.00. The second-order valence-electron chi connectivity index (χ2n) is 5.30. The molecule has 3 N–H and O–H groups in total. The summed E-state index contributed by atoms with van der Waals surface area (Å²) in [4.78, 5) is 22.9. The van der Waals surface area contributed by atoms with Gasteiger partial charge in [0.25, 0.3) is 0 Å².